The lowest BCUT2D eigenvalue weighted by atomic mass is 10.1. The Kier molecular flexibility index (Phi) is 7.21. The molecule has 9 rings (SSSR count). The van der Waals surface area contributed by atoms with E-state index in [1.807, 2.05) is 55.1 Å². The third-order valence-corrected chi connectivity index (χ3v) is 9.33. The first kappa shape index (κ1) is 28.7. The van der Waals surface area contributed by atoms with Crippen molar-refractivity contribution in [1.29, 1.82) is 0 Å². The second kappa shape index (κ2) is 12.3. The van der Waals surface area contributed by atoms with Crippen molar-refractivity contribution in [3.05, 3.63) is 144 Å². The minimum atomic E-state index is 0.529. The van der Waals surface area contributed by atoms with Gasteiger partial charge in [-0.2, -0.15) is 21.5 Å². The molecule has 49 heavy (non-hydrogen) atoms. The number of H-pyrrole nitrogens is 2. The van der Waals surface area contributed by atoms with Crippen LogP contribution in [0.15, 0.2) is 133 Å². The number of aromatic nitrogens is 8. The molecule has 0 amide bonds. The summed E-state index contributed by atoms with van der Waals surface area (Å²) in [4.78, 5) is 20.2. The molecule has 9 aromatic rings. The Morgan fingerprint density at radius 2 is 1.14 bits per heavy atom. The number of hydrogen-bond donors (Lipinski definition) is 2. The Morgan fingerprint density at radius 1 is 0.531 bits per heavy atom. The maximum Gasteiger partial charge on any atom is 0.166 e. The Labute approximate surface area is 284 Å². The number of thiophene rings is 1. The second-order valence-corrected chi connectivity index (χ2v) is 12.5. The Balaban J connectivity index is 1.17. The van der Waals surface area contributed by atoms with Crippen LogP contribution in [0.25, 0.3) is 55.1 Å². The molecule has 4 aromatic carbocycles. The number of rotatable bonds is 9. The normalized spacial score (nSPS) is 11.4. The maximum absolute atomic E-state index is 5.18. The summed E-state index contributed by atoms with van der Waals surface area (Å²) in [6, 6.07) is 29.3. The summed E-state index contributed by atoms with van der Waals surface area (Å²) < 4.78 is 0. The van der Waals surface area contributed by atoms with E-state index in [-0.39, 0.29) is 0 Å². The van der Waals surface area contributed by atoms with Crippen LogP contribution in [0, 0.1) is 0 Å². The van der Waals surface area contributed by atoms with Crippen LogP contribution in [-0.4, -0.2) is 40.3 Å². The summed E-state index contributed by atoms with van der Waals surface area (Å²) in [6.07, 6.45) is 11.0. The highest BCUT2D eigenvalue weighted by Crippen LogP contribution is 2.30. The van der Waals surface area contributed by atoms with Crippen LogP contribution in [0.5, 0.6) is 0 Å². The van der Waals surface area contributed by atoms with Gasteiger partial charge in [-0.3, -0.25) is 30.2 Å². The molecule has 2 N–H and O–H groups in total. The first-order valence-corrected chi connectivity index (χ1v) is 16.7. The summed E-state index contributed by atoms with van der Waals surface area (Å²) in [5, 5.41) is 24.9. The zero-order valence-corrected chi connectivity index (χ0v) is 26.9. The van der Waals surface area contributed by atoms with E-state index >= 15 is 0 Å². The average molecular weight is 657 g/mol. The molecule has 11 heteroatoms. The number of benzene rings is 4. The summed E-state index contributed by atoms with van der Waals surface area (Å²) in [7, 11) is 0. The number of anilines is 2. The molecular formula is C38H28N10S. The van der Waals surface area contributed by atoms with Gasteiger partial charge < -0.3 is 0 Å². The smallest absolute Gasteiger partial charge is 0.166 e. The van der Waals surface area contributed by atoms with Crippen LogP contribution in [0.4, 0.5) is 11.6 Å². The summed E-state index contributed by atoms with van der Waals surface area (Å²) in [5.41, 5.74) is 9.53. The van der Waals surface area contributed by atoms with E-state index in [2.05, 4.69) is 95.8 Å². The summed E-state index contributed by atoms with van der Waals surface area (Å²) in [6.45, 7) is 1.09. The van der Waals surface area contributed by atoms with E-state index in [1.54, 1.807) is 23.7 Å². The van der Waals surface area contributed by atoms with E-state index in [0.717, 1.165) is 55.4 Å². The molecule has 0 saturated heterocycles. The molecule has 5 heterocycles. The van der Waals surface area contributed by atoms with Crippen molar-refractivity contribution in [1.82, 2.24) is 40.3 Å². The van der Waals surface area contributed by atoms with Gasteiger partial charge in [0.05, 0.1) is 59.9 Å². The minimum absolute atomic E-state index is 0.529. The molecule has 0 bridgehead atoms. The van der Waals surface area contributed by atoms with Crippen LogP contribution < -0.4 is 10.0 Å². The van der Waals surface area contributed by atoms with Gasteiger partial charge in [-0.15, -0.1) is 0 Å². The SMILES string of the molecule is c1ccc2cc(CN(c3cnc4cc(-c5cn[nH]c5)ccc4n3)N(Cc3ccsc3)c3cnc4cc(-c5cn[nH]c5)ccc4n3)ccc2c1. The summed E-state index contributed by atoms with van der Waals surface area (Å²) >= 11 is 1.67. The van der Waals surface area contributed by atoms with E-state index in [1.165, 1.54) is 10.8 Å². The summed E-state index contributed by atoms with van der Waals surface area (Å²) in [5.74, 6) is 1.40. The standard InChI is InChI=1S/C38H28N10S/c1-2-4-28-13-25(5-6-27(28)3-1)22-47(37-20-39-35-14-29(7-9-33(35)45-37)31-16-41-42-17-31)48(23-26-11-12-49-24-26)38-21-40-36-15-30(8-10-34(36)46-38)32-18-43-44-19-32/h1-21,24H,22-23H2,(H,41,42)(H,43,44). The van der Waals surface area contributed by atoms with Gasteiger partial charge in [0.25, 0.3) is 0 Å². The minimum Gasteiger partial charge on any atom is -0.285 e. The van der Waals surface area contributed by atoms with Gasteiger partial charge in [0.1, 0.15) is 0 Å². The third-order valence-electron chi connectivity index (χ3n) is 8.60. The van der Waals surface area contributed by atoms with E-state index in [0.29, 0.717) is 24.7 Å². The van der Waals surface area contributed by atoms with E-state index in [4.69, 9.17) is 19.9 Å². The molecule has 0 radical (unpaired) electrons. The maximum atomic E-state index is 5.18. The highest BCUT2D eigenvalue weighted by atomic mass is 32.1. The fraction of sp³-hybridized carbons (Fsp3) is 0.0526. The molecule has 0 saturated carbocycles. The van der Waals surface area contributed by atoms with Gasteiger partial charge in [-0.1, -0.05) is 48.5 Å². The predicted octanol–water partition coefficient (Wildman–Crippen LogP) is 8.20. The highest BCUT2D eigenvalue weighted by molar-refractivity contribution is 7.07. The topological polar surface area (TPSA) is 115 Å². The molecular weight excluding hydrogens is 629 g/mol. The lowest BCUT2D eigenvalue weighted by molar-refractivity contribution is 0.691. The van der Waals surface area contributed by atoms with Crippen LogP contribution >= 0.6 is 11.3 Å². The molecule has 0 aliphatic rings. The molecule has 236 valence electrons. The third kappa shape index (κ3) is 5.72. The van der Waals surface area contributed by atoms with Crippen molar-refractivity contribution < 1.29 is 0 Å². The van der Waals surface area contributed by atoms with E-state index < -0.39 is 0 Å². The van der Waals surface area contributed by atoms with E-state index in [9.17, 15) is 0 Å². The van der Waals surface area contributed by atoms with Gasteiger partial charge in [-0.25, -0.2) is 9.97 Å². The number of hydrogen-bond acceptors (Lipinski definition) is 9. The van der Waals surface area contributed by atoms with Crippen molar-refractivity contribution in [2.24, 2.45) is 0 Å². The molecule has 0 atom stereocenters. The van der Waals surface area contributed by atoms with Crippen molar-refractivity contribution in [2.75, 3.05) is 10.0 Å². The number of nitrogens with one attached hydrogen (secondary N) is 2. The fourth-order valence-corrected chi connectivity index (χ4v) is 6.73. The van der Waals surface area contributed by atoms with Crippen LogP contribution in [-0.2, 0) is 13.1 Å². The van der Waals surface area contributed by atoms with Gasteiger partial charge in [-0.05, 0) is 80.2 Å². The lowest BCUT2D eigenvalue weighted by Crippen LogP contribution is -2.43. The van der Waals surface area contributed by atoms with Crippen molar-refractivity contribution >= 4 is 55.8 Å². The first-order valence-electron chi connectivity index (χ1n) is 15.8. The van der Waals surface area contributed by atoms with Crippen LogP contribution in [0.1, 0.15) is 11.1 Å². The van der Waals surface area contributed by atoms with Crippen molar-refractivity contribution in [3.8, 4) is 22.3 Å². The van der Waals surface area contributed by atoms with Crippen LogP contribution in [0.3, 0.4) is 0 Å². The zero-order valence-electron chi connectivity index (χ0n) is 26.1. The molecule has 0 aliphatic heterocycles. The lowest BCUT2D eigenvalue weighted by Gasteiger charge is -2.36. The number of aromatic amines is 2. The first-order chi connectivity index (χ1) is 24.2. The Morgan fingerprint density at radius 3 is 1.71 bits per heavy atom. The molecule has 5 aromatic heterocycles. The van der Waals surface area contributed by atoms with Gasteiger partial charge in [0, 0.05) is 23.5 Å². The molecule has 0 spiro atoms. The molecule has 10 nitrogen and oxygen atoms in total. The number of fused-ring (bicyclic) bond motifs is 3. The number of hydrazine groups is 1. The Bertz CT molecular complexity index is 2530. The van der Waals surface area contributed by atoms with Gasteiger partial charge in [0.15, 0.2) is 11.6 Å². The fourth-order valence-electron chi connectivity index (χ4n) is 6.07. The van der Waals surface area contributed by atoms with Crippen LogP contribution in [0.2, 0.25) is 0 Å². The largest absolute Gasteiger partial charge is 0.285 e. The zero-order chi connectivity index (χ0) is 32.6. The van der Waals surface area contributed by atoms with Gasteiger partial charge >= 0.3 is 0 Å². The number of nitrogens with zero attached hydrogens (tertiary/aromatic N) is 8. The molecule has 0 unspecified atom stereocenters. The van der Waals surface area contributed by atoms with Gasteiger partial charge in [0.2, 0.25) is 0 Å². The Hall–Kier alpha value is -6.46. The predicted molar refractivity (Wildman–Crippen MR) is 195 cm³/mol. The molecule has 0 fully saturated rings. The quantitative estimate of drug-likeness (QED) is 0.150. The average Bonchev–Trinajstić information content (AvgIpc) is 3.98. The van der Waals surface area contributed by atoms with Crippen molar-refractivity contribution in [2.45, 2.75) is 13.1 Å². The second-order valence-electron chi connectivity index (χ2n) is 11.8. The van der Waals surface area contributed by atoms with Crippen molar-refractivity contribution in [3.63, 3.8) is 0 Å². The monoisotopic (exact) mass is 656 g/mol. The molecule has 0 aliphatic carbocycles. The highest BCUT2D eigenvalue weighted by Gasteiger charge is 2.23.